The van der Waals surface area contributed by atoms with Crippen molar-refractivity contribution in [1.82, 2.24) is 19.5 Å². The van der Waals surface area contributed by atoms with Gasteiger partial charge in [-0.25, -0.2) is 15.0 Å². The molecule has 2 aromatic heterocycles. The van der Waals surface area contributed by atoms with Gasteiger partial charge in [0.2, 0.25) is 0 Å². The largest absolute Gasteiger partial charge is 0.394 e. The van der Waals surface area contributed by atoms with E-state index in [-0.39, 0.29) is 18.8 Å². The summed E-state index contributed by atoms with van der Waals surface area (Å²) in [7, 11) is 0. The summed E-state index contributed by atoms with van der Waals surface area (Å²) in [5.41, 5.74) is 6.87. The van der Waals surface area contributed by atoms with Gasteiger partial charge < -0.3 is 25.1 Å². The Kier molecular flexibility index (Phi) is 2.89. The van der Waals surface area contributed by atoms with Gasteiger partial charge in [-0.05, 0) is 13.8 Å². The molecule has 9 heteroatoms. The first-order valence-corrected chi connectivity index (χ1v) is 7.05. The van der Waals surface area contributed by atoms with E-state index in [4.69, 9.17) is 19.9 Å². The minimum atomic E-state index is -0.727. The van der Waals surface area contributed by atoms with Crippen molar-refractivity contribution in [1.29, 1.82) is 0 Å². The van der Waals surface area contributed by atoms with E-state index in [2.05, 4.69) is 15.0 Å². The maximum Gasteiger partial charge on any atom is 0.167 e. The van der Waals surface area contributed by atoms with Crippen LogP contribution < -0.4 is 5.73 Å². The first-order chi connectivity index (χ1) is 10.5. The van der Waals surface area contributed by atoms with E-state index < -0.39 is 18.1 Å². The summed E-state index contributed by atoms with van der Waals surface area (Å²) >= 11 is 0. The molecule has 118 valence electrons. The van der Waals surface area contributed by atoms with Crippen LogP contribution in [0.2, 0.25) is 0 Å². The minimum absolute atomic E-state index is 0.152. The van der Waals surface area contributed by atoms with Crippen molar-refractivity contribution in [2.45, 2.75) is 44.2 Å². The van der Waals surface area contributed by atoms with Crippen LogP contribution in [0.5, 0.6) is 0 Å². The van der Waals surface area contributed by atoms with Crippen LogP contribution in [0.25, 0.3) is 11.2 Å². The second-order valence-corrected chi connectivity index (χ2v) is 5.90. The van der Waals surface area contributed by atoms with Crippen molar-refractivity contribution >= 4 is 17.0 Å². The number of fused-ring (bicyclic) bond motifs is 2. The van der Waals surface area contributed by atoms with Crippen LogP contribution in [-0.4, -0.2) is 55.3 Å². The summed E-state index contributed by atoms with van der Waals surface area (Å²) in [4.78, 5) is 12.4. The van der Waals surface area contributed by atoms with E-state index in [0.717, 1.165) is 0 Å². The van der Waals surface area contributed by atoms with Gasteiger partial charge in [-0.3, -0.25) is 4.57 Å². The molecule has 4 atom stereocenters. The molecule has 0 amide bonds. The summed E-state index contributed by atoms with van der Waals surface area (Å²) in [5.74, 6) is -0.421. The lowest BCUT2D eigenvalue weighted by molar-refractivity contribution is -0.199. The second-order valence-electron chi connectivity index (χ2n) is 5.90. The van der Waals surface area contributed by atoms with Gasteiger partial charge in [0, 0.05) is 0 Å². The molecule has 4 heterocycles. The maximum absolute atomic E-state index is 9.52. The Morgan fingerprint density at radius 2 is 2.05 bits per heavy atom. The zero-order valence-electron chi connectivity index (χ0n) is 12.2. The van der Waals surface area contributed by atoms with Gasteiger partial charge in [0.25, 0.3) is 0 Å². The number of aliphatic hydroxyl groups is 1. The number of ether oxygens (including phenoxy) is 3. The fourth-order valence-corrected chi connectivity index (χ4v) is 3.09. The third kappa shape index (κ3) is 1.90. The number of nitrogens with zero attached hydrogens (tertiary/aromatic N) is 4. The van der Waals surface area contributed by atoms with E-state index in [9.17, 15) is 5.11 Å². The van der Waals surface area contributed by atoms with E-state index in [1.807, 2.05) is 13.8 Å². The molecule has 4 rings (SSSR count). The highest BCUT2D eigenvalue weighted by Gasteiger charge is 2.55. The summed E-state index contributed by atoms with van der Waals surface area (Å²) < 4.78 is 19.4. The Labute approximate surface area is 126 Å². The van der Waals surface area contributed by atoms with E-state index in [0.29, 0.717) is 17.0 Å². The van der Waals surface area contributed by atoms with Gasteiger partial charge in [-0.2, -0.15) is 0 Å². The predicted octanol–water partition coefficient (Wildman–Crippen LogP) is -0.182. The van der Waals surface area contributed by atoms with E-state index >= 15 is 0 Å². The molecule has 0 saturated carbocycles. The molecule has 0 radical (unpaired) electrons. The molecule has 22 heavy (non-hydrogen) atoms. The number of nitrogens with two attached hydrogens (primary N) is 1. The Bertz CT molecular complexity index is 718. The molecule has 3 unspecified atom stereocenters. The molecule has 2 saturated heterocycles. The average molecular weight is 307 g/mol. The molecule has 0 spiro atoms. The summed E-state index contributed by atoms with van der Waals surface area (Å²) in [5, 5.41) is 9.52. The minimum Gasteiger partial charge on any atom is -0.394 e. The topological polar surface area (TPSA) is 118 Å². The number of nitrogen functional groups attached to an aromatic ring is 1. The number of aliphatic hydroxyl groups excluding tert-OH is 1. The van der Waals surface area contributed by atoms with Crippen LogP contribution >= 0.6 is 0 Å². The fraction of sp³-hybridized carbons (Fsp3) is 0.615. The predicted molar refractivity (Wildman–Crippen MR) is 74.6 cm³/mol. The van der Waals surface area contributed by atoms with Crippen molar-refractivity contribution in [3.8, 4) is 0 Å². The molecule has 0 aliphatic carbocycles. The van der Waals surface area contributed by atoms with E-state index in [1.165, 1.54) is 6.33 Å². The number of aromatic nitrogens is 4. The SMILES string of the molecule is CC1(C)OC2C(CO)OC(n3cnc4c(N)ncnc43)[C@H]2O1. The highest BCUT2D eigenvalue weighted by Crippen LogP contribution is 2.43. The van der Waals surface area contributed by atoms with Gasteiger partial charge in [0.1, 0.15) is 30.2 Å². The van der Waals surface area contributed by atoms with Crippen LogP contribution in [0.1, 0.15) is 20.1 Å². The molecule has 3 N–H and O–H groups in total. The standard InChI is InChI=1S/C13H17N5O4/c1-13(2)21-8-6(3-19)20-12(9(8)22-13)18-5-17-7-10(14)15-4-16-11(7)18/h4-6,8-9,12,19H,3H2,1-2H3,(H2,14,15,16)/t6?,8?,9-,12?/m0/s1. The van der Waals surface area contributed by atoms with Crippen molar-refractivity contribution in [2.75, 3.05) is 12.3 Å². The van der Waals surface area contributed by atoms with Crippen molar-refractivity contribution in [2.24, 2.45) is 0 Å². The first-order valence-electron chi connectivity index (χ1n) is 7.05. The molecule has 2 aromatic rings. The van der Waals surface area contributed by atoms with E-state index in [1.54, 1.807) is 10.9 Å². The summed E-state index contributed by atoms with van der Waals surface area (Å²) in [6.45, 7) is 3.52. The highest BCUT2D eigenvalue weighted by molar-refractivity contribution is 5.81. The van der Waals surface area contributed by atoms with Crippen LogP contribution in [0.3, 0.4) is 0 Å². The average Bonchev–Trinajstić information content (AvgIpc) is 3.10. The van der Waals surface area contributed by atoms with Gasteiger partial charge in [-0.15, -0.1) is 0 Å². The van der Waals surface area contributed by atoms with Crippen LogP contribution in [0.4, 0.5) is 5.82 Å². The van der Waals surface area contributed by atoms with Crippen molar-refractivity contribution in [3.63, 3.8) is 0 Å². The molecular formula is C13H17N5O4. The molecule has 0 bridgehead atoms. The Balaban J connectivity index is 1.77. The quantitative estimate of drug-likeness (QED) is 0.784. The van der Waals surface area contributed by atoms with Crippen molar-refractivity contribution < 1.29 is 19.3 Å². The lowest BCUT2D eigenvalue weighted by Crippen LogP contribution is -2.31. The summed E-state index contributed by atoms with van der Waals surface area (Å²) in [6, 6.07) is 0. The lowest BCUT2D eigenvalue weighted by atomic mass is 10.1. The molecule has 2 aliphatic heterocycles. The second kappa shape index (κ2) is 4.59. The van der Waals surface area contributed by atoms with Gasteiger partial charge in [-0.1, -0.05) is 0 Å². The number of imidazole rings is 1. The zero-order valence-corrected chi connectivity index (χ0v) is 12.2. The first kappa shape index (κ1) is 13.8. The van der Waals surface area contributed by atoms with Gasteiger partial charge >= 0.3 is 0 Å². The van der Waals surface area contributed by atoms with Crippen LogP contribution in [0, 0.1) is 0 Å². The highest BCUT2D eigenvalue weighted by atomic mass is 16.8. The smallest absolute Gasteiger partial charge is 0.167 e. The van der Waals surface area contributed by atoms with Crippen LogP contribution in [0.15, 0.2) is 12.7 Å². The number of hydrogen-bond donors (Lipinski definition) is 2. The molecule has 2 fully saturated rings. The van der Waals surface area contributed by atoms with Gasteiger partial charge in [0.05, 0.1) is 12.9 Å². The zero-order chi connectivity index (χ0) is 15.5. The Morgan fingerprint density at radius 1 is 1.27 bits per heavy atom. The third-order valence-electron chi connectivity index (χ3n) is 3.97. The molecule has 9 nitrogen and oxygen atoms in total. The number of rotatable bonds is 2. The Hall–Kier alpha value is -1.81. The van der Waals surface area contributed by atoms with Crippen LogP contribution in [-0.2, 0) is 14.2 Å². The lowest BCUT2D eigenvalue weighted by Gasteiger charge is -2.24. The molecular weight excluding hydrogens is 290 g/mol. The number of hydrogen-bond acceptors (Lipinski definition) is 8. The van der Waals surface area contributed by atoms with Crippen molar-refractivity contribution in [3.05, 3.63) is 12.7 Å². The number of anilines is 1. The third-order valence-corrected chi connectivity index (χ3v) is 3.97. The summed E-state index contributed by atoms with van der Waals surface area (Å²) in [6.07, 6.45) is 1.30. The molecule has 2 aliphatic rings. The fourth-order valence-electron chi connectivity index (χ4n) is 3.09. The Morgan fingerprint density at radius 3 is 2.82 bits per heavy atom. The van der Waals surface area contributed by atoms with Gasteiger partial charge in [0.15, 0.2) is 23.5 Å². The normalized spacial score (nSPS) is 33.4. The molecule has 0 aromatic carbocycles. The maximum atomic E-state index is 9.52. The monoisotopic (exact) mass is 307 g/mol.